The molecule has 0 saturated heterocycles. The van der Waals surface area contributed by atoms with Crippen molar-refractivity contribution >= 4 is 51.6 Å². The number of anilines is 1. The lowest BCUT2D eigenvalue weighted by atomic mass is 9.95. The average molecular weight is 492 g/mol. The molecular weight excluding hydrogens is 466 g/mol. The lowest BCUT2D eigenvalue weighted by Crippen LogP contribution is -2.46. The molecule has 33 heavy (non-hydrogen) atoms. The maximum Gasteiger partial charge on any atom is 0.329 e. The molecule has 0 spiro atoms. The number of hydrogen-bond donors (Lipinski definition) is 3. The molecule has 10 heteroatoms. The number of carbonyl (C=O) groups excluding carboxylic acids is 4. The summed E-state index contributed by atoms with van der Waals surface area (Å²) in [6.45, 7) is 2.92. The number of hydrogen-bond acceptors (Lipinski definition) is 6. The maximum absolute atomic E-state index is 12.6. The smallest absolute Gasteiger partial charge is 0.329 e. The van der Waals surface area contributed by atoms with Crippen LogP contribution < -0.4 is 16.4 Å². The number of thiophene rings is 1. The van der Waals surface area contributed by atoms with Gasteiger partial charge in [-0.05, 0) is 49.3 Å². The largest absolute Gasteiger partial charge is 0.454 e. The second-order valence-electron chi connectivity index (χ2n) is 8.11. The normalized spacial score (nSPS) is 13.7. The number of primary amides is 1. The van der Waals surface area contributed by atoms with Crippen molar-refractivity contribution in [3.8, 4) is 0 Å². The maximum atomic E-state index is 12.6. The number of fused-ring (bicyclic) bond motifs is 1. The summed E-state index contributed by atoms with van der Waals surface area (Å²) >= 11 is 7.38. The van der Waals surface area contributed by atoms with Gasteiger partial charge in [0.2, 0.25) is 0 Å². The van der Waals surface area contributed by atoms with E-state index in [1.807, 2.05) is 0 Å². The van der Waals surface area contributed by atoms with E-state index < -0.39 is 36.3 Å². The van der Waals surface area contributed by atoms with E-state index in [2.05, 4.69) is 10.6 Å². The number of halogens is 1. The van der Waals surface area contributed by atoms with Crippen LogP contribution in [0.5, 0.6) is 0 Å². The molecule has 1 aromatic carbocycles. The fourth-order valence-electron chi connectivity index (χ4n) is 3.67. The topological polar surface area (TPSA) is 128 Å². The number of benzene rings is 1. The summed E-state index contributed by atoms with van der Waals surface area (Å²) in [5.74, 6) is -2.75. The molecule has 0 radical (unpaired) electrons. The minimum Gasteiger partial charge on any atom is -0.454 e. The van der Waals surface area contributed by atoms with Crippen LogP contribution in [0.2, 0.25) is 5.02 Å². The Balaban J connectivity index is 1.62. The van der Waals surface area contributed by atoms with Crippen molar-refractivity contribution in [2.45, 2.75) is 45.6 Å². The zero-order chi connectivity index (χ0) is 24.1. The first-order chi connectivity index (χ1) is 15.7. The molecule has 1 aliphatic rings. The predicted molar refractivity (Wildman–Crippen MR) is 127 cm³/mol. The molecule has 1 aliphatic carbocycles. The standard InChI is InChI=1S/C23H26ClN3O5S/c1-12(2)19(27-21(30)13-7-3-5-9-15(13)24)23(31)32-11-17(28)26-22-18(20(25)29)14-8-4-6-10-16(14)33-22/h3,5,7,9,12,19H,4,6,8,10-11H2,1-2H3,(H2,25,29)(H,26,28)(H,27,30)/t19-/m0/s1. The fraction of sp³-hybridized carbons (Fsp3) is 0.391. The van der Waals surface area contributed by atoms with Gasteiger partial charge < -0.3 is 21.1 Å². The summed E-state index contributed by atoms with van der Waals surface area (Å²) in [6, 6.07) is 5.50. The summed E-state index contributed by atoms with van der Waals surface area (Å²) in [4.78, 5) is 50.6. The molecule has 0 saturated carbocycles. The third kappa shape index (κ3) is 5.91. The Kier molecular flexibility index (Phi) is 8.10. The molecule has 3 amide bonds. The number of aryl methyl sites for hydroxylation is 1. The van der Waals surface area contributed by atoms with Crippen LogP contribution in [0.25, 0.3) is 0 Å². The zero-order valence-corrected chi connectivity index (χ0v) is 20.0. The quantitative estimate of drug-likeness (QED) is 0.488. The minimum atomic E-state index is -0.975. The number of nitrogens with one attached hydrogen (secondary N) is 2. The lowest BCUT2D eigenvalue weighted by Gasteiger charge is -2.21. The SMILES string of the molecule is CC(C)[C@H](NC(=O)c1ccccc1Cl)C(=O)OCC(=O)Nc1sc2c(c1C(N)=O)CCCC2. The van der Waals surface area contributed by atoms with E-state index in [0.29, 0.717) is 10.6 Å². The first-order valence-corrected chi connectivity index (χ1v) is 11.8. The van der Waals surface area contributed by atoms with Crippen LogP contribution in [0.1, 0.15) is 57.8 Å². The number of nitrogens with two attached hydrogens (primary N) is 1. The molecule has 1 aromatic heterocycles. The fourth-order valence-corrected chi connectivity index (χ4v) is 5.20. The summed E-state index contributed by atoms with van der Waals surface area (Å²) in [5.41, 5.74) is 7.00. The van der Waals surface area contributed by atoms with E-state index in [1.165, 1.54) is 11.3 Å². The molecule has 0 bridgehead atoms. The molecule has 1 heterocycles. The van der Waals surface area contributed by atoms with Crippen LogP contribution in [-0.4, -0.2) is 36.3 Å². The first kappa shape index (κ1) is 24.7. The Hall–Kier alpha value is -2.91. The van der Waals surface area contributed by atoms with E-state index in [4.69, 9.17) is 22.1 Å². The molecule has 176 valence electrons. The van der Waals surface area contributed by atoms with Gasteiger partial charge in [-0.3, -0.25) is 14.4 Å². The van der Waals surface area contributed by atoms with Gasteiger partial charge in [0.1, 0.15) is 11.0 Å². The van der Waals surface area contributed by atoms with Crippen molar-refractivity contribution in [1.29, 1.82) is 0 Å². The van der Waals surface area contributed by atoms with E-state index in [1.54, 1.807) is 38.1 Å². The van der Waals surface area contributed by atoms with Gasteiger partial charge in [0.15, 0.2) is 6.61 Å². The van der Waals surface area contributed by atoms with Gasteiger partial charge in [-0.25, -0.2) is 4.79 Å². The van der Waals surface area contributed by atoms with Crippen LogP contribution >= 0.6 is 22.9 Å². The average Bonchev–Trinajstić information content (AvgIpc) is 3.13. The van der Waals surface area contributed by atoms with Crippen LogP contribution in [-0.2, 0) is 27.2 Å². The van der Waals surface area contributed by atoms with Gasteiger partial charge in [-0.1, -0.05) is 37.6 Å². The van der Waals surface area contributed by atoms with Crippen LogP contribution in [0.4, 0.5) is 5.00 Å². The van der Waals surface area contributed by atoms with Gasteiger partial charge in [0.05, 0.1) is 16.1 Å². The minimum absolute atomic E-state index is 0.232. The second-order valence-corrected chi connectivity index (χ2v) is 9.62. The predicted octanol–water partition coefficient (Wildman–Crippen LogP) is 3.32. The van der Waals surface area contributed by atoms with E-state index >= 15 is 0 Å². The summed E-state index contributed by atoms with van der Waals surface area (Å²) in [5, 5.41) is 5.89. The van der Waals surface area contributed by atoms with Crippen LogP contribution in [0.15, 0.2) is 24.3 Å². The Morgan fingerprint density at radius 2 is 1.85 bits per heavy atom. The highest BCUT2D eigenvalue weighted by atomic mass is 35.5. The van der Waals surface area contributed by atoms with Crippen LogP contribution in [0, 0.1) is 5.92 Å². The molecule has 4 N–H and O–H groups in total. The Morgan fingerprint density at radius 3 is 2.52 bits per heavy atom. The van der Waals surface area contributed by atoms with Crippen molar-refractivity contribution in [2.24, 2.45) is 11.7 Å². The number of esters is 1. The van der Waals surface area contributed by atoms with E-state index in [0.717, 1.165) is 36.1 Å². The Bertz CT molecular complexity index is 1080. The third-order valence-corrected chi connectivity index (χ3v) is 6.88. The van der Waals surface area contributed by atoms with Gasteiger partial charge in [-0.15, -0.1) is 11.3 Å². The Labute approximate surface area is 200 Å². The zero-order valence-electron chi connectivity index (χ0n) is 18.4. The van der Waals surface area contributed by atoms with E-state index in [9.17, 15) is 19.2 Å². The summed E-state index contributed by atoms with van der Waals surface area (Å²) < 4.78 is 5.16. The molecule has 8 nitrogen and oxygen atoms in total. The van der Waals surface area contributed by atoms with Crippen molar-refractivity contribution in [3.63, 3.8) is 0 Å². The van der Waals surface area contributed by atoms with Crippen molar-refractivity contribution in [1.82, 2.24) is 5.32 Å². The molecule has 1 atom stereocenters. The van der Waals surface area contributed by atoms with Crippen molar-refractivity contribution < 1.29 is 23.9 Å². The number of rotatable bonds is 8. The highest BCUT2D eigenvalue weighted by molar-refractivity contribution is 7.17. The van der Waals surface area contributed by atoms with Crippen molar-refractivity contribution in [3.05, 3.63) is 50.9 Å². The van der Waals surface area contributed by atoms with Crippen LogP contribution in [0.3, 0.4) is 0 Å². The molecule has 3 rings (SSSR count). The monoisotopic (exact) mass is 491 g/mol. The summed E-state index contributed by atoms with van der Waals surface area (Å²) in [6.07, 6.45) is 3.57. The number of ether oxygens (including phenoxy) is 1. The third-order valence-electron chi connectivity index (χ3n) is 5.34. The molecule has 0 aliphatic heterocycles. The molecular formula is C23H26ClN3O5S. The molecule has 2 aromatic rings. The Morgan fingerprint density at radius 1 is 1.15 bits per heavy atom. The van der Waals surface area contributed by atoms with Gasteiger partial charge in [-0.2, -0.15) is 0 Å². The summed E-state index contributed by atoms with van der Waals surface area (Å²) in [7, 11) is 0. The lowest BCUT2D eigenvalue weighted by molar-refractivity contribution is -0.150. The number of carbonyl (C=O) groups is 4. The van der Waals surface area contributed by atoms with Gasteiger partial charge in [0, 0.05) is 4.88 Å². The first-order valence-electron chi connectivity index (χ1n) is 10.6. The second kappa shape index (κ2) is 10.8. The van der Waals surface area contributed by atoms with Crippen molar-refractivity contribution in [2.75, 3.05) is 11.9 Å². The highest BCUT2D eigenvalue weighted by Crippen LogP contribution is 2.37. The highest BCUT2D eigenvalue weighted by Gasteiger charge is 2.28. The van der Waals surface area contributed by atoms with E-state index in [-0.39, 0.29) is 16.5 Å². The molecule has 0 fully saturated rings. The van der Waals surface area contributed by atoms with Gasteiger partial charge in [0.25, 0.3) is 17.7 Å². The van der Waals surface area contributed by atoms with Gasteiger partial charge >= 0.3 is 5.97 Å². The number of amides is 3. The molecule has 0 unspecified atom stereocenters.